The Labute approximate surface area is 221 Å². The number of amides is 2. The van der Waals surface area contributed by atoms with Gasteiger partial charge in [-0.3, -0.25) is 14.6 Å². The molecule has 4 rings (SSSR count). The average Bonchev–Trinajstić information content (AvgIpc) is 3.56. The maximum absolute atomic E-state index is 13.1. The molecule has 38 heavy (non-hydrogen) atoms. The molecule has 0 aromatic heterocycles. The molecule has 1 aliphatic carbocycles. The number of carbonyl (C=O) groups is 2. The van der Waals surface area contributed by atoms with E-state index in [9.17, 15) is 18.4 Å². The molecule has 0 radical (unpaired) electrons. The summed E-state index contributed by atoms with van der Waals surface area (Å²) in [4.78, 5) is 25.4. The molecule has 2 aromatic rings. The number of nitrogens with zero attached hydrogens (tertiary/aromatic N) is 2. The highest BCUT2D eigenvalue weighted by Gasteiger charge is 2.30. The number of anilines is 2. The van der Waals surface area contributed by atoms with Crippen LogP contribution in [0.2, 0.25) is 0 Å². The van der Waals surface area contributed by atoms with Gasteiger partial charge in [0.05, 0.1) is 12.8 Å². The third kappa shape index (κ3) is 7.66. The first-order valence-electron chi connectivity index (χ1n) is 12.8. The predicted octanol–water partition coefficient (Wildman–Crippen LogP) is 5.50. The number of rotatable bonds is 10. The molecule has 2 N–H and O–H groups in total. The molecule has 1 heterocycles. The number of benzene rings is 2. The summed E-state index contributed by atoms with van der Waals surface area (Å²) in [6.45, 7) is 3.60. The van der Waals surface area contributed by atoms with E-state index in [1.807, 2.05) is 20.8 Å². The van der Waals surface area contributed by atoms with Crippen LogP contribution in [0.5, 0.6) is 11.5 Å². The number of hydrogen-bond acceptors (Lipinski definition) is 6. The summed E-state index contributed by atoms with van der Waals surface area (Å²) in [5.41, 5.74) is 1.28. The molecule has 0 bridgehead atoms. The second kappa shape index (κ2) is 11.8. The topological polar surface area (TPSA) is 92.3 Å². The van der Waals surface area contributed by atoms with Gasteiger partial charge in [-0.05, 0) is 73.6 Å². The Bertz CT molecular complexity index is 1180. The molecule has 0 spiro atoms. The zero-order valence-electron chi connectivity index (χ0n) is 21.9. The van der Waals surface area contributed by atoms with E-state index in [2.05, 4.69) is 20.5 Å². The van der Waals surface area contributed by atoms with E-state index in [1.165, 1.54) is 6.07 Å². The lowest BCUT2D eigenvalue weighted by atomic mass is 9.95. The van der Waals surface area contributed by atoms with Gasteiger partial charge in [0.2, 0.25) is 11.8 Å². The summed E-state index contributed by atoms with van der Waals surface area (Å²) in [6.07, 6.45) is 5.17. The number of halogens is 2. The van der Waals surface area contributed by atoms with Crippen molar-refractivity contribution in [2.75, 3.05) is 23.8 Å². The smallest absolute Gasteiger partial charge is 0.387 e. The van der Waals surface area contributed by atoms with Crippen LogP contribution in [-0.2, 0) is 9.59 Å². The minimum atomic E-state index is -2.95. The Balaban J connectivity index is 1.40. The van der Waals surface area contributed by atoms with Crippen molar-refractivity contribution in [2.45, 2.75) is 59.1 Å². The van der Waals surface area contributed by atoms with Crippen LogP contribution >= 0.6 is 0 Å². The summed E-state index contributed by atoms with van der Waals surface area (Å²) in [7, 11) is 0. The molecule has 2 amide bonds. The van der Waals surface area contributed by atoms with Crippen molar-refractivity contribution in [3.63, 3.8) is 0 Å². The Morgan fingerprint density at radius 2 is 1.82 bits per heavy atom. The van der Waals surface area contributed by atoms with Crippen molar-refractivity contribution in [3.05, 3.63) is 48.0 Å². The standard InChI is InChI=1S/C28H34F2N4O4/c1-28(2,3)26(36)33-21-7-4-6-20(15-21)32-25(35)22-8-5-13-34(22)31-16-19-11-12-23(38-27(29)30)24(14-19)37-17-18-9-10-18/h4,6-7,11-12,14-16,18,22,27H,5,8-10,13,17H2,1-3H3,(H,32,35)(H,33,36)/b31-16+/t22-/m0/s1. The lowest BCUT2D eigenvalue weighted by molar-refractivity contribution is -0.123. The summed E-state index contributed by atoms with van der Waals surface area (Å²) >= 11 is 0. The van der Waals surface area contributed by atoms with Gasteiger partial charge in [-0.15, -0.1) is 0 Å². The normalized spacial score (nSPS) is 17.6. The summed E-state index contributed by atoms with van der Waals surface area (Å²) in [5.74, 6) is 0.360. The van der Waals surface area contributed by atoms with Crippen LogP contribution in [-0.4, -0.2) is 48.8 Å². The summed E-state index contributed by atoms with van der Waals surface area (Å²) in [6, 6.07) is 11.2. The fraction of sp³-hybridized carbons (Fsp3) is 0.464. The van der Waals surface area contributed by atoms with E-state index in [-0.39, 0.29) is 23.3 Å². The van der Waals surface area contributed by atoms with Crippen molar-refractivity contribution in [3.8, 4) is 11.5 Å². The number of hydrazone groups is 1. The van der Waals surface area contributed by atoms with E-state index < -0.39 is 18.1 Å². The Morgan fingerprint density at radius 3 is 2.50 bits per heavy atom. The Kier molecular flexibility index (Phi) is 8.48. The van der Waals surface area contributed by atoms with E-state index in [0.717, 1.165) is 19.3 Å². The van der Waals surface area contributed by atoms with E-state index >= 15 is 0 Å². The largest absolute Gasteiger partial charge is 0.489 e. The molecule has 2 aromatic carbocycles. The average molecular weight is 529 g/mol. The van der Waals surface area contributed by atoms with Gasteiger partial charge in [0.15, 0.2) is 11.5 Å². The van der Waals surface area contributed by atoms with Gasteiger partial charge >= 0.3 is 6.61 Å². The van der Waals surface area contributed by atoms with E-state index in [0.29, 0.717) is 42.4 Å². The lowest BCUT2D eigenvalue weighted by Crippen LogP contribution is -2.36. The zero-order valence-corrected chi connectivity index (χ0v) is 21.9. The van der Waals surface area contributed by atoms with Crippen molar-refractivity contribution in [1.82, 2.24) is 5.01 Å². The van der Waals surface area contributed by atoms with Crippen LogP contribution in [0.3, 0.4) is 0 Å². The monoisotopic (exact) mass is 528 g/mol. The van der Waals surface area contributed by atoms with Gasteiger partial charge in [0, 0.05) is 23.3 Å². The molecule has 2 aliphatic rings. The molecule has 10 heteroatoms. The molecule has 8 nitrogen and oxygen atoms in total. The maximum Gasteiger partial charge on any atom is 0.387 e. The fourth-order valence-corrected chi connectivity index (χ4v) is 3.92. The minimum Gasteiger partial charge on any atom is -0.489 e. The highest BCUT2D eigenvalue weighted by molar-refractivity contribution is 5.97. The third-order valence-electron chi connectivity index (χ3n) is 6.31. The van der Waals surface area contributed by atoms with Gasteiger partial charge in [0.25, 0.3) is 0 Å². The second-order valence-corrected chi connectivity index (χ2v) is 10.7. The Morgan fingerprint density at radius 1 is 1.08 bits per heavy atom. The van der Waals surface area contributed by atoms with Crippen LogP contribution in [0.1, 0.15) is 52.0 Å². The van der Waals surface area contributed by atoms with Crippen LogP contribution in [0.15, 0.2) is 47.6 Å². The molecule has 0 unspecified atom stereocenters. The SMILES string of the molecule is CC(C)(C)C(=O)Nc1cccc(NC(=O)[C@@H]2CCCN2/N=C/c2ccc(OC(F)F)c(OCC3CC3)c2)c1. The quantitative estimate of drug-likeness (QED) is 0.398. The van der Waals surface area contributed by atoms with Crippen molar-refractivity contribution < 1.29 is 27.8 Å². The molecule has 1 saturated carbocycles. The first kappa shape index (κ1) is 27.3. The number of carbonyl (C=O) groups excluding carboxylic acids is 2. The second-order valence-electron chi connectivity index (χ2n) is 10.7. The highest BCUT2D eigenvalue weighted by atomic mass is 19.3. The van der Waals surface area contributed by atoms with E-state index in [1.54, 1.807) is 47.6 Å². The van der Waals surface area contributed by atoms with Gasteiger partial charge in [-0.2, -0.15) is 13.9 Å². The molecular formula is C28H34F2N4O4. The first-order valence-corrected chi connectivity index (χ1v) is 12.8. The molecular weight excluding hydrogens is 494 g/mol. The fourth-order valence-electron chi connectivity index (χ4n) is 3.92. The predicted molar refractivity (Wildman–Crippen MR) is 142 cm³/mol. The summed E-state index contributed by atoms with van der Waals surface area (Å²) < 4.78 is 35.9. The molecule has 1 saturated heterocycles. The number of hydrogen-bond donors (Lipinski definition) is 2. The van der Waals surface area contributed by atoms with Gasteiger partial charge < -0.3 is 20.1 Å². The highest BCUT2D eigenvalue weighted by Crippen LogP contribution is 2.34. The van der Waals surface area contributed by atoms with Crippen LogP contribution in [0.4, 0.5) is 20.2 Å². The molecule has 1 aliphatic heterocycles. The number of nitrogens with one attached hydrogen (secondary N) is 2. The third-order valence-corrected chi connectivity index (χ3v) is 6.31. The van der Waals surface area contributed by atoms with Gasteiger partial charge in [-0.1, -0.05) is 26.8 Å². The minimum absolute atomic E-state index is 0.0165. The van der Waals surface area contributed by atoms with Crippen LogP contribution in [0, 0.1) is 11.3 Å². The van der Waals surface area contributed by atoms with E-state index in [4.69, 9.17) is 4.74 Å². The van der Waals surface area contributed by atoms with Crippen LogP contribution < -0.4 is 20.1 Å². The van der Waals surface area contributed by atoms with Crippen molar-refractivity contribution in [2.24, 2.45) is 16.4 Å². The van der Waals surface area contributed by atoms with Gasteiger partial charge in [0.1, 0.15) is 6.04 Å². The van der Waals surface area contributed by atoms with Crippen molar-refractivity contribution >= 4 is 29.4 Å². The Hall–Kier alpha value is -3.69. The number of alkyl halides is 2. The lowest BCUT2D eigenvalue weighted by Gasteiger charge is -2.21. The van der Waals surface area contributed by atoms with Crippen molar-refractivity contribution in [1.29, 1.82) is 0 Å². The van der Waals surface area contributed by atoms with Crippen LogP contribution in [0.25, 0.3) is 0 Å². The molecule has 2 fully saturated rings. The molecule has 1 atom stereocenters. The van der Waals surface area contributed by atoms with Gasteiger partial charge in [-0.25, -0.2) is 0 Å². The number of ether oxygens (including phenoxy) is 2. The zero-order chi connectivity index (χ0) is 27.3. The molecule has 204 valence electrons. The first-order chi connectivity index (χ1) is 18.1. The maximum atomic E-state index is 13.1. The summed E-state index contributed by atoms with van der Waals surface area (Å²) in [5, 5.41) is 12.0.